The van der Waals surface area contributed by atoms with Crippen molar-refractivity contribution in [1.82, 2.24) is 10.2 Å². The van der Waals surface area contributed by atoms with Crippen molar-refractivity contribution >= 4 is 5.91 Å². The van der Waals surface area contributed by atoms with Gasteiger partial charge >= 0.3 is 0 Å². The van der Waals surface area contributed by atoms with Crippen LogP contribution in [0, 0.1) is 0 Å². The number of benzene rings is 1. The average molecular weight is 305 g/mol. The molecule has 1 aromatic rings. The molecule has 1 aliphatic heterocycles. The predicted molar refractivity (Wildman–Crippen MR) is 87.5 cm³/mol. The van der Waals surface area contributed by atoms with Crippen LogP contribution < -0.4 is 11.1 Å². The van der Waals surface area contributed by atoms with Crippen molar-refractivity contribution < 1.29 is 9.53 Å². The summed E-state index contributed by atoms with van der Waals surface area (Å²) in [5, 5.41) is 3.09. The SMILES string of the molecule is COCCCN1CCC(NC(=O)C(N)c2ccccc2)CC1. The number of carbonyl (C=O) groups excluding carboxylic acids is 1. The third-order valence-corrected chi connectivity index (χ3v) is 4.20. The summed E-state index contributed by atoms with van der Waals surface area (Å²) in [6, 6.07) is 9.17. The van der Waals surface area contributed by atoms with E-state index in [-0.39, 0.29) is 11.9 Å². The van der Waals surface area contributed by atoms with E-state index in [1.54, 1.807) is 7.11 Å². The van der Waals surface area contributed by atoms with Crippen LogP contribution in [0.25, 0.3) is 0 Å². The van der Waals surface area contributed by atoms with Crippen LogP contribution in [0.1, 0.15) is 30.9 Å². The first-order valence-electron chi connectivity index (χ1n) is 8.03. The maximum absolute atomic E-state index is 12.2. The Hall–Kier alpha value is -1.43. The number of ether oxygens (including phenoxy) is 1. The molecule has 5 heteroatoms. The summed E-state index contributed by atoms with van der Waals surface area (Å²) in [4.78, 5) is 14.7. The Bertz CT molecular complexity index is 444. The molecule has 1 aromatic carbocycles. The molecule has 0 aliphatic carbocycles. The number of nitrogens with two attached hydrogens (primary N) is 1. The molecule has 1 heterocycles. The second-order valence-electron chi connectivity index (χ2n) is 5.86. The lowest BCUT2D eigenvalue weighted by Gasteiger charge is -2.32. The van der Waals surface area contributed by atoms with Crippen molar-refractivity contribution in [1.29, 1.82) is 0 Å². The van der Waals surface area contributed by atoms with Gasteiger partial charge in [-0.1, -0.05) is 30.3 Å². The molecule has 1 unspecified atom stereocenters. The molecule has 1 saturated heterocycles. The largest absolute Gasteiger partial charge is 0.385 e. The van der Waals surface area contributed by atoms with Crippen molar-refractivity contribution in [2.45, 2.75) is 31.3 Å². The van der Waals surface area contributed by atoms with Crippen LogP contribution in [0.5, 0.6) is 0 Å². The van der Waals surface area contributed by atoms with E-state index in [1.165, 1.54) is 0 Å². The number of hydrogen-bond donors (Lipinski definition) is 2. The highest BCUT2D eigenvalue weighted by molar-refractivity contribution is 5.83. The van der Waals surface area contributed by atoms with Gasteiger partial charge in [-0.3, -0.25) is 4.79 Å². The molecule has 1 atom stereocenters. The fraction of sp³-hybridized carbons (Fsp3) is 0.588. The quantitative estimate of drug-likeness (QED) is 0.745. The fourth-order valence-corrected chi connectivity index (χ4v) is 2.84. The molecule has 0 spiro atoms. The molecule has 0 bridgehead atoms. The van der Waals surface area contributed by atoms with Gasteiger partial charge in [0.05, 0.1) is 0 Å². The van der Waals surface area contributed by atoms with Crippen LogP contribution in [0.15, 0.2) is 30.3 Å². The topological polar surface area (TPSA) is 67.6 Å². The van der Waals surface area contributed by atoms with E-state index < -0.39 is 6.04 Å². The lowest BCUT2D eigenvalue weighted by Crippen LogP contribution is -2.47. The Morgan fingerprint density at radius 1 is 1.36 bits per heavy atom. The second-order valence-corrected chi connectivity index (χ2v) is 5.86. The number of likely N-dealkylation sites (tertiary alicyclic amines) is 1. The Morgan fingerprint density at radius 3 is 2.68 bits per heavy atom. The van der Waals surface area contributed by atoms with Gasteiger partial charge in [-0.05, 0) is 24.8 Å². The van der Waals surface area contributed by atoms with Crippen molar-refractivity contribution in [3.8, 4) is 0 Å². The molecule has 3 N–H and O–H groups in total. The molecule has 122 valence electrons. The normalized spacial score (nSPS) is 18.1. The molecule has 0 radical (unpaired) electrons. The smallest absolute Gasteiger partial charge is 0.241 e. The minimum atomic E-state index is -0.582. The molecule has 22 heavy (non-hydrogen) atoms. The van der Waals surface area contributed by atoms with E-state index in [1.807, 2.05) is 30.3 Å². The number of nitrogens with zero attached hydrogens (tertiary/aromatic N) is 1. The fourth-order valence-electron chi connectivity index (χ4n) is 2.84. The van der Waals surface area contributed by atoms with E-state index in [0.29, 0.717) is 0 Å². The van der Waals surface area contributed by atoms with E-state index in [4.69, 9.17) is 10.5 Å². The summed E-state index contributed by atoms with van der Waals surface area (Å²) in [7, 11) is 1.73. The predicted octanol–water partition coefficient (Wildman–Crippen LogP) is 1.30. The van der Waals surface area contributed by atoms with Gasteiger partial charge in [-0.2, -0.15) is 0 Å². The Morgan fingerprint density at radius 2 is 2.05 bits per heavy atom. The molecule has 1 fully saturated rings. The number of rotatable bonds is 7. The zero-order valence-electron chi connectivity index (χ0n) is 13.3. The van der Waals surface area contributed by atoms with Gasteiger partial charge in [0.2, 0.25) is 5.91 Å². The van der Waals surface area contributed by atoms with Crippen molar-refractivity contribution in [2.24, 2.45) is 5.73 Å². The van der Waals surface area contributed by atoms with E-state index >= 15 is 0 Å². The highest BCUT2D eigenvalue weighted by Gasteiger charge is 2.23. The molecule has 0 aromatic heterocycles. The first kappa shape index (κ1) is 16.9. The van der Waals surface area contributed by atoms with Gasteiger partial charge in [0.1, 0.15) is 6.04 Å². The molecule has 1 aliphatic rings. The van der Waals surface area contributed by atoms with Crippen LogP contribution in [0.4, 0.5) is 0 Å². The van der Waals surface area contributed by atoms with Crippen LogP contribution in [-0.2, 0) is 9.53 Å². The number of methoxy groups -OCH3 is 1. The summed E-state index contributed by atoms with van der Waals surface area (Å²) >= 11 is 0. The summed E-state index contributed by atoms with van der Waals surface area (Å²) in [5.41, 5.74) is 6.89. The first-order valence-corrected chi connectivity index (χ1v) is 8.03. The Balaban J connectivity index is 1.72. The number of hydrogen-bond acceptors (Lipinski definition) is 4. The van der Waals surface area contributed by atoms with Gasteiger partial charge < -0.3 is 20.7 Å². The zero-order chi connectivity index (χ0) is 15.8. The highest BCUT2D eigenvalue weighted by Crippen LogP contribution is 2.14. The van der Waals surface area contributed by atoms with Gasteiger partial charge in [0.25, 0.3) is 0 Å². The zero-order valence-corrected chi connectivity index (χ0v) is 13.3. The number of amides is 1. The van der Waals surface area contributed by atoms with Gasteiger partial charge in [-0.25, -0.2) is 0 Å². The lowest BCUT2D eigenvalue weighted by molar-refractivity contribution is -0.123. The average Bonchev–Trinajstić information content (AvgIpc) is 2.57. The van der Waals surface area contributed by atoms with Gasteiger partial charge in [0.15, 0.2) is 0 Å². The van der Waals surface area contributed by atoms with Gasteiger partial charge in [-0.15, -0.1) is 0 Å². The summed E-state index contributed by atoms with van der Waals surface area (Å²) in [6.07, 6.45) is 3.03. The summed E-state index contributed by atoms with van der Waals surface area (Å²) in [5.74, 6) is -0.0796. The molecule has 1 amide bonds. The summed E-state index contributed by atoms with van der Waals surface area (Å²) in [6.45, 7) is 3.92. The van der Waals surface area contributed by atoms with Crippen LogP contribution in [0.2, 0.25) is 0 Å². The molecule has 2 rings (SSSR count). The van der Waals surface area contributed by atoms with Crippen molar-refractivity contribution in [3.63, 3.8) is 0 Å². The maximum atomic E-state index is 12.2. The number of piperidine rings is 1. The van der Waals surface area contributed by atoms with E-state index in [2.05, 4.69) is 10.2 Å². The number of carbonyl (C=O) groups is 1. The highest BCUT2D eigenvalue weighted by atomic mass is 16.5. The first-order chi connectivity index (χ1) is 10.7. The van der Waals surface area contributed by atoms with Crippen LogP contribution >= 0.6 is 0 Å². The second kappa shape index (κ2) is 8.88. The third kappa shape index (κ3) is 5.09. The minimum absolute atomic E-state index is 0.0796. The lowest BCUT2D eigenvalue weighted by atomic mass is 10.0. The van der Waals surface area contributed by atoms with Crippen LogP contribution in [-0.4, -0.2) is 50.2 Å². The monoisotopic (exact) mass is 305 g/mol. The molecular weight excluding hydrogens is 278 g/mol. The minimum Gasteiger partial charge on any atom is -0.385 e. The van der Waals surface area contributed by atoms with Crippen molar-refractivity contribution in [3.05, 3.63) is 35.9 Å². The number of nitrogens with one attached hydrogen (secondary N) is 1. The molecule has 5 nitrogen and oxygen atoms in total. The summed E-state index contributed by atoms with van der Waals surface area (Å²) < 4.78 is 5.08. The van der Waals surface area contributed by atoms with E-state index in [9.17, 15) is 4.79 Å². The van der Waals surface area contributed by atoms with E-state index in [0.717, 1.165) is 51.1 Å². The Kier molecular flexibility index (Phi) is 6.83. The van der Waals surface area contributed by atoms with Crippen LogP contribution in [0.3, 0.4) is 0 Å². The maximum Gasteiger partial charge on any atom is 0.241 e. The standard InChI is InChI=1S/C17H27N3O2/c1-22-13-5-10-20-11-8-15(9-12-20)19-17(21)16(18)14-6-3-2-4-7-14/h2-4,6-7,15-16H,5,8-13,18H2,1H3,(H,19,21). The van der Waals surface area contributed by atoms with Crippen molar-refractivity contribution in [2.75, 3.05) is 33.4 Å². The molecular formula is C17H27N3O2. The Labute approximate surface area is 132 Å². The third-order valence-electron chi connectivity index (χ3n) is 4.20. The molecule has 0 saturated carbocycles. The van der Waals surface area contributed by atoms with Gasteiger partial charge in [0, 0.05) is 39.4 Å².